The molecular weight excluding hydrogens is 323 g/mol. The molecule has 0 radical (unpaired) electrons. The van der Waals surface area contributed by atoms with Crippen LogP contribution < -0.4 is 0 Å². The third kappa shape index (κ3) is 2.98. The van der Waals surface area contributed by atoms with Gasteiger partial charge in [-0.05, 0) is 41.3 Å². The summed E-state index contributed by atoms with van der Waals surface area (Å²) < 4.78 is 0. The second-order valence-electron chi connectivity index (χ2n) is 5.41. The van der Waals surface area contributed by atoms with Gasteiger partial charge in [0, 0.05) is 15.6 Å². The SMILES string of the molecule is CC(C)c1cc(Cl)ccc1C(O)(C(=O)O)c1ccc(Cl)cc1. The van der Waals surface area contributed by atoms with Crippen molar-refractivity contribution in [1.29, 1.82) is 0 Å². The summed E-state index contributed by atoms with van der Waals surface area (Å²) in [6.45, 7) is 3.83. The lowest BCUT2D eigenvalue weighted by atomic mass is 9.81. The van der Waals surface area contributed by atoms with Crippen LogP contribution in [0.15, 0.2) is 42.5 Å². The Balaban J connectivity index is 2.72. The fraction of sp³-hybridized carbons (Fsp3) is 0.235. The Labute approximate surface area is 139 Å². The molecule has 0 fully saturated rings. The molecule has 5 heteroatoms. The molecule has 0 aromatic heterocycles. The second kappa shape index (κ2) is 6.29. The zero-order valence-corrected chi connectivity index (χ0v) is 13.7. The molecule has 0 aliphatic carbocycles. The van der Waals surface area contributed by atoms with E-state index in [-0.39, 0.29) is 11.5 Å². The summed E-state index contributed by atoms with van der Waals surface area (Å²) in [6.07, 6.45) is 0. The molecule has 0 spiro atoms. The first-order valence-electron chi connectivity index (χ1n) is 6.78. The summed E-state index contributed by atoms with van der Waals surface area (Å²) in [4.78, 5) is 11.9. The summed E-state index contributed by atoms with van der Waals surface area (Å²) in [7, 11) is 0. The summed E-state index contributed by atoms with van der Waals surface area (Å²) in [5.74, 6) is -1.34. The molecule has 2 aromatic rings. The van der Waals surface area contributed by atoms with Gasteiger partial charge in [0.25, 0.3) is 0 Å². The average Bonchev–Trinajstić information content (AvgIpc) is 2.46. The van der Waals surface area contributed by atoms with Crippen LogP contribution in [0.25, 0.3) is 0 Å². The normalized spacial score (nSPS) is 13.9. The van der Waals surface area contributed by atoms with E-state index < -0.39 is 11.6 Å². The van der Waals surface area contributed by atoms with Gasteiger partial charge >= 0.3 is 5.97 Å². The number of benzene rings is 2. The number of carbonyl (C=O) groups is 1. The molecule has 3 nitrogen and oxygen atoms in total. The van der Waals surface area contributed by atoms with Crippen molar-refractivity contribution in [3.05, 3.63) is 69.2 Å². The molecular formula is C17H16Cl2O3. The fourth-order valence-corrected chi connectivity index (χ4v) is 2.73. The highest BCUT2D eigenvalue weighted by Gasteiger charge is 2.42. The number of carboxylic acids is 1. The maximum Gasteiger partial charge on any atom is 0.345 e. The van der Waals surface area contributed by atoms with Gasteiger partial charge in [-0.3, -0.25) is 0 Å². The van der Waals surface area contributed by atoms with Crippen molar-refractivity contribution in [2.45, 2.75) is 25.4 Å². The van der Waals surface area contributed by atoms with E-state index in [4.69, 9.17) is 23.2 Å². The Hall–Kier alpha value is -1.55. The standard InChI is InChI=1S/C17H16Cl2O3/c1-10(2)14-9-13(19)7-8-15(14)17(22,16(20)21)11-3-5-12(18)6-4-11/h3-10,22H,1-2H3,(H,20,21). The van der Waals surface area contributed by atoms with Crippen molar-refractivity contribution in [3.63, 3.8) is 0 Å². The number of rotatable bonds is 4. The zero-order valence-electron chi connectivity index (χ0n) is 12.2. The van der Waals surface area contributed by atoms with E-state index in [2.05, 4.69) is 0 Å². The van der Waals surface area contributed by atoms with Gasteiger partial charge in [0.1, 0.15) is 0 Å². The summed E-state index contributed by atoms with van der Waals surface area (Å²) in [6, 6.07) is 10.9. The van der Waals surface area contributed by atoms with E-state index in [0.717, 1.165) is 0 Å². The third-order valence-corrected chi connectivity index (χ3v) is 4.08. The van der Waals surface area contributed by atoms with Crippen LogP contribution in [0, 0.1) is 0 Å². The summed E-state index contributed by atoms with van der Waals surface area (Å²) >= 11 is 11.9. The second-order valence-corrected chi connectivity index (χ2v) is 6.28. The van der Waals surface area contributed by atoms with Gasteiger partial charge in [0.2, 0.25) is 5.60 Å². The molecule has 0 bridgehead atoms. The molecule has 22 heavy (non-hydrogen) atoms. The molecule has 116 valence electrons. The van der Waals surface area contributed by atoms with Gasteiger partial charge in [-0.25, -0.2) is 4.79 Å². The minimum Gasteiger partial charge on any atom is -0.479 e. The van der Waals surface area contributed by atoms with E-state index in [0.29, 0.717) is 21.2 Å². The molecule has 2 rings (SSSR count). The van der Waals surface area contributed by atoms with Crippen molar-refractivity contribution in [1.82, 2.24) is 0 Å². The Morgan fingerprint density at radius 1 is 1.05 bits per heavy atom. The van der Waals surface area contributed by atoms with Crippen molar-refractivity contribution < 1.29 is 15.0 Å². The van der Waals surface area contributed by atoms with Crippen LogP contribution >= 0.6 is 23.2 Å². The molecule has 0 aliphatic heterocycles. The largest absolute Gasteiger partial charge is 0.479 e. The highest BCUT2D eigenvalue weighted by Crippen LogP contribution is 2.37. The van der Waals surface area contributed by atoms with E-state index in [1.165, 1.54) is 12.1 Å². The van der Waals surface area contributed by atoms with Crippen molar-refractivity contribution in [2.75, 3.05) is 0 Å². The number of carboxylic acid groups (broad SMARTS) is 1. The number of aliphatic hydroxyl groups is 1. The maximum atomic E-state index is 11.9. The zero-order chi connectivity index (χ0) is 16.5. The lowest BCUT2D eigenvalue weighted by Crippen LogP contribution is -2.38. The van der Waals surface area contributed by atoms with Gasteiger partial charge in [-0.15, -0.1) is 0 Å². The summed E-state index contributed by atoms with van der Waals surface area (Å²) in [5, 5.41) is 21.6. The molecule has 1 atom stereocenters. The predicted molar refractivity (Wildman–Crippen MR) is 87.6 cm³/mol. The first kappa shape index (κ1) is 16.8. The van der Waals surface area contributed by atoms with Crippen molar-refractivity contribution >= 4 is 29.2 Å². The van der Waals surface area contributed by atoms with Crippen LogP contribution in [0.5, 0.6) is 0 Å². The van der Waals surface area contributed by atoms with Gasteiger partial charge in [-0.2, -0.15) is 0 Å². The minimum atomic E-state index is -2.16. The molecule has 0 amide bonds. The van der Waals surface area contributed by atoms with E-state index >= 15 is 0 Å². The minimum absolute atomic E-state index is 0.00637. The van der Waals surface area contributed by atoms with Gasteiger partial charge in [0.15, 0.2) is 0 Å². The number of halogens is 2. The molecule has 2 N–H and O–H groups in total. The Morgan fingerprint density at radius 3 is 2.09 bits per heavy atom. The third-order valence-electron chi connectivity index (χ3n) is 3.60. The quantitative estimate of drug-likeness (QED) is 0.866. The van der Waals surface area contributed by atoms with Crippen LogP contribution in [-0.4, -0.2) is 16.2 Å². The van der Waals surface area contributed by atoms with E-state index in [1.54, 1.807) is 30.3 Å². The van der Waals surface area contributed by atoms with E-state index in [1.807, 2.05) is 13.8 Å². The van der Waals surface area contributed by atoms with Crippen LogP contribution in [0.2, 0.25) is 10.0 Å². The highest BCUT2D eigenvalue weighted by atomic mass is 35.5. The van der Waals surface area contributed by atoms with E-state index in [9.17, 15) is 15.0 Å². The monoisotopic (exact) mass is 338 g/mol. The molecule has 0 saturated heterocycles. The van der Waals surface area contributed by atoms with Crippen LogP contribution in [0.1, 0.15) is 36.5 Å². The number of hydrogen-bond acceptors (Lipinski definition) is 2. The Morgan fingerprint density at radius 2 is 1.59 bits per heavy atom. The Kier molecular flexibility index (Phi) is 4.81. The average molecular weight is 339 g/mol. The lowest BCUT2D eigenvalue weighted by Gasteiger charge is -2.28. The number of aliphatic carboxylic acids is 1. The lowest BCUT2D eigenvalue weighted by molar-refractivity contribution is -0.155. The first-order valence-corrected chi connectivity index (χ1v) is 7.54. The molecule has 0 saturated carbocycles. The number of hydrogen-bond donors (Lipinski definition) is 2. The van der Waals surface area contributed by atoms with Crippen LogP contribution in [-0.2, 0) is 10.4 Å². The Bertz CT molecular complexity index is 696. The first-order chi connectivity index (χ1) is 10.3. The topological polar surface area (TPSA) is 57.5 Å². The van der Waals surface area contributed by atoms with Crippen LogP contribution in [0.3, 0.4) is 0 Å². The van der Waals surface area contributed by atoms with Gasteiger partial charge in [0.05, 0.1) is 0 Å². The van der Waals surface area contributed by atoms with Crippen LogP contribution in [0.4, 0.5) is 0 Å². The maximum absolute atomic E-state index is 11.9. The van der Waals surface area contributed by atoms with Gasteiger partial charge < -0.3 is 10.2 Å². The van der Waals surface area contributed by atoms with Crippen molar-refractivity contribution in [2.24, 2.45) is 0 Å². The molecule has 0 heterocycles. The summed E-state index contributed by atoms with van der Waals surface area (Å²) in [5.41, 5.74) is -0.919. The highest BCUT2D eigenvalue weighted by molar-refractivity contribution is 6.31. The van der Waals surface area contributed by atoms with Gasteiger partial charge in [-0.1, -0.05) is 55.2 Å². The predicted octanol–water partition coefficient (Wildman–Crippen LogP) is 4.44. The fourth-order valence-electron chi connectivity index (χ4n) is 2.43. The smallest absolute Gasteiger partial charge is 0.345 e. The molecule has 0 aliphatic rings. The molecule has 1 unspecified atom stereocenters. The molecule has 2 aromatic carbocycles. The van der Waals surface area contributed by atoms with Crippen molar-refractivity contribution in [3.8, 4) is 0 Å².